The van der Waals surface area contributed by atoms with E-state index in [9.17, 15) is 9.59 Å². The monoisotopic (exact) mass is 343 g/mol. The Labute approximate surface area is 143 Å². The molecule has 130 valence electrons. The summed E-state index contributed by atoms with van der Waals surface area (Å²) in [5, 5.41) is 25.0. The minimum Gasteiger partial charge on any atom is -0.395 e. The summed E-state index contributed by atoms with van der Waals surface area (Å²) in [6.07, 6.45) is 1.19. The van der Waals surface area contributed by atoms with Gasteiger partial charge < -0.3 is 25.0 Å². The zero-order valence-corrected chi connectivity index (χ0v) is 13.3. The molecule has 0 saturated heterocycles. The molecule has 8 nitrogen and oxygen atoms in total. The lowest BCUT2D eigenvalue weighted by Crippen LogP contribution is -2.31. The molecule has 0 amide bonds. The van der Waals surface area contributed by atoms with Gasteiger partial charge in [-0.25, -0.2) is 0 Å². The van der Waals surface area contributed by atoms with Crippen LogP contribution in [0, 0.1) is 0 Å². The molecule has 0 radical (unpaired) electrons. The van der Waals surface area contributed by atoms with Crippen LogP contribution in [-0.2, 0) is 0 Å². The molecule has 0 atom stereocenters. The molecule has 1 aliphatic rings. The number of allylic oxidation sites excluding steroid dienone is 2. The van der Waals surface area contributed by atoms with E-state index in [1.54, 1.807) is 24.3 Å². The van der Waals surface area contributed by atoms with Crippen molar-refractivity contribution in [1.82, 2.24) is 5.16 Å². The van der Waals surface area contributed by atoms with Gasteiger partial charge in [-0.05, 0) is 12.1 Å². The molecule has 8 heteroatoms. The Kier molecular flexibility index (Phi) is 4.92. The van der Waals surface area contributed by atoms with Crippen molar-refractivity contribution in [2.45, 2.75) is 0 Å². The number of carbonyl (C=O) groups excluding carboxylic acids is 2. The second-order valence-corrected chi connectivity index (χ2v) is 5.39. The van der Waals surface area contributed by atoms with Crippen LogP contribution in [0.15, 0.2) is 46.6 Å². The summed E-state index contributed by atoms with van der Waals surface area (Å²) in [6, 6.07) is 8.99. The Balaban J connectivity index is 1.95. The zero-order valence-electron chi connectivity index (χ0n) is 13.3. The highest BCUT2D eigenvalue weighted by Crippen LogP contribution is 2.30. The van der Waals surface area contributed by atoms with Gasteiger partial charge in [0.2, 0.25) is 17.5 Å². The number of ketones is 2. The van der Waals surface area contributed by atoms with Crippen molar-refractivity contribution < 1.29 is 24.3 Å². The number of rotatable bonds is 7. The fraction of sp³-hybridized carbons (Fsp3) is 0.235. The number of anilines is 2. The van der Waals surface area contributed by atoms with Crippen LogP contribution in [0.25, 0.3) is 0 Å². The van der Waals surface area contributed by atoms with Crippen LogP contribution < -0.4 is 10.2 Å². The quantitative estimate of drug-likeness (QED) is 0.677. The van der Waals surface area contributed by atoms with Crippen LogP contribution >= 0.6 is 0 Å². The predicted molar refractivity (Wildman–Crippen MR) is 89.7 cm³/mol. The number of hydrogen-bond donors (Lipinski definition) is 3. The van der Waals surface area contributed by atoms with Crippen LogP contribution in [-0.4, -0.2) is 53.2 Å². The number of hydrogen-bond acceptors (Lipinski definition) is 8. The lowest BCUT2D eigenvalue weighted by Gasteiger charge is -2.21. The molecule has 0 spiro atoms. The van der Waals surface area contributed by atoms with Gasteiger partial charge in [0, 0.05) is 24.9 Å². The van der Waals surface area contributed by atoms with Crippen molar-refractivity contribution in [2.24, 2.45) is 0 Å². The molecule has 0 saturated carbocycles. The predicted octanol–water partition coefficient (Wildman–Crippen LogP) is 0.841. The maximum absolute atomic E-state index is 12.8. The van der Waals surface area contributed by atoms with E-state index in [0.717, 1.165) is 0 Å². The highest BCUT2D eigenvalue weighted by molar-refractivity contribution is 6.26. The number of nitrogens with one attached hydrogen (secondary N) is 1. The van der Waals surface area contributed by atoms with E-state index >= 15 is 0 Å². The molecule has 3 rings (SSSR count). The lowest BCUT2D eigenvalue weighted by molar-refractivity contribution is 0.0983. The Morgan fingerprint density at radius 2 is 1.76 bits per heavy atom. The van der Waals surface area contributed by atoms with E-state index in [4.69, 9.17) is 14.7 Å². The minimum atomic E-state index is -0.448. The van der Waals surface area contributed by atoms with E-state index < -0.39 is 11.6 Å². The molecule has 1 heterocycles. The number of benzene rings is 1. The second-order valence-electron chi connectivity index (χ2n) is 5.39. The van der Waals surface area contributed by atoms with Gasteiger partial charge in [0.05, 0.1) is 18.9 Å². The molecule has 25 heavy (non-hydrogen) atoms. The molecule has 1 aromatic carbocycles. The number of fused-ring (bicyclic) bond motifs is 1. The number of aliphatic hydroxyl groups excluding tert-OH is 2. The van der Waals surface area contributed by atoms with E-state index in [2.05, 4.69) is 10.5 Å². The van der Waals surface area contributed by atoms with Gasteiger partial charge in [-0.15, -0.1) is 0 Å². The number of nitrogens with zero attached hydrogens (tertiary/aromatic N) is 2. The summed E-state index contributed by atoms with van der Waals surface area (Å²) in [6.45, 7) is -0.144. The first-order chi connectivity index (χ1) is 12.2. The molecule has 1 aromatic heterocycles. The zero-order chi connectivity index (χ0) is 17.8. The fourth-order valence-corrected chi connectivity index (χ4v) is 2.60. The summed E-state index contributed by atoms with van der Waals surface area (Å²) in [4.78, 5) is 26.6. The Bertz CT molecular complexity index is 807. The Morgan fingerprint density at radius 3 is 2.40 bits per heavy atom. The molecule has 1 aliphatic carbocycles. The molecule has 0 bridgehead atoms. The van der Waals surface area contributed by atoms with E-state index in [1.165, 1.54) is 11.0 Å². The fourth-order valence-electron chi connectivity index (χ4n) is 2.60. The summed E-state index contributed by atoms with van der Waals surface area (Å²) in [7, 11) is 0. The van der Waals surface area contributed by atoms with Gasteiger partial charge in [0.15, 0.2) is 5.69 Å². The smallest absolute Gasteiger partial charge is 0.239 e. The lowest BCUT2D eigenvalue weighted by atomic mass is 9.98. The van der Waals surface area contributed by atoms with Crippen LogP contribution in [0.5, 0.6) is 0 Å². The third kappa shape index (κ3) is 3.30. The summed E-state index contributed by atoms with van der Waals surface area (Å²) in [5.74, 6) is -0.816. The van der Waals surface area contributed by atoms with E-state index in [-0.39, 0.29) is 49.1 Å². The first-order valence-electron chi connectivity index (χ1n) is 7.75. The minimum absolute atomic E-state index is 0.0350. The molecule has 3 N–H and O–H groups in total. The van der Waals surface area contributed by atoms with Gasteiger partial charge in [0.25, 0.3) is 0 Å². The number of aromatic nitrogens is 1. The third-order valence-electron chi connectivity index (χ3n) is 3.73. The average molecular weight is 343 g/mol. The van der Waals surface area contributed by atoms with Crippen molar-refractivity contribution >= 4 is 23.1 Å². The Morgan fingerprint density at radius 1 is 1.08 bits per heavy atom. The standard InChI is InChI=1S/C17H17N3O5/c21-8-6-20(7-9-22)17-14-15(19-25-17)13(23)10-12(16(14)24)18-11-4-2-1-3-5-11/h1-5,10,18,21-22H,6-9H2. The number of para-hydroxylation sites is 1. The van der Waals surface area contributed by atoms with E-state index in [1.807, 2.05) is 6.07 Å². The molecular formula is C17H17N3O5. The molecular weight excluding hydrogens is 326 g/mol. The van der Waals surface area contributed by atoms with E-state index in [0.29, 0.717) is 5.69 Å². The SMILES string of the molecule is O=C1C=C(Nc2ccccc2)C(=O)c2c1noc2N(CCO)CCO. The van der Waals surface area contributed by atoms with Gasteiger partial charge in [-0.3, -0.25) is 9.59 Å². The highest BCUT2D eigenvalue weighted by atomic mass is 16.5. The first-order valence-corrected chi connectivity index (χ1v) is 7.75. The maximum Gasteiger partial charge on any atom is 0.239 e. The van der Waals surface area contributed by atoms with Crippen LogP contribution in [0.1, 0.15) is 20.8 Å². The summed E-state index contributed by atoms with van der Waals surface area (Å²) >= 11 is 0. The van der Waals surface area contributed by atoms with Crippen molar-refractivity contribution in [1.29, 1.82) is 0 Å². The second kappa shape index (κ2) is 7.29. The largest absolute Gasteiger partial charge is 0.395 e. The topological polar surface area (TPSA) is 116 Å². The molecule has 0 aliphatic heterocycles. The van der Waals surface area contributed by atoms with Crippen LogP contribution in [0.3, 0.4) is 0 Å². The van der Waals surface area contributed by atoms with Crippen molar-refractivity contribution in [3.8, 4) is 0 Å². The maximum atomic E-state index is 12.8. The van der Waals surface area contributed by atoms with Gasteiger partial charge in [-0.1, -0.05) is 23.4 Å². The summed E-state index contributed by atoms with van der Waals surface area (Å²) in [5.41, 5.74) is 0.743. The Hall–Kier alpha value is -2.97. The van der Waals surface area contributed by atoms with Crippen LogP contribution in [0.2, 0.25) is 0 Å². The first kappa shape index (κ1) is 16.9. The van der Waals surface area contributed by atoms with Gasteiger partial charge >= 0.3 is 0 Å². The van der Waals surface area contributed by atoms with Crippen LogP contribution in [0.4, 0.5) is 11.6 Å². The van der Waals surface area contributed by atoms with Crippen molar-refractivity contribution in [3.05, 3.63) is 53.4 Å². The molecule has 0 fully saturated rings. The highest BCUT2D eigenvalue weighted by Gasteiger charge is 2.35. The normalized spacial score (nSPS) is 13.4. The van der Waals surface area contributed by atoms with Crippen molar-refractivity contribution in [3.63, 3.8) is 0 Å². The van der Waals surface area contributed by atoms with Gasteiger partial charge in [0.1, 0.15) is 5.56 Å². The number of Topliss-reactive ketones (excluding diaryl/α,β-unsaturated/α-hetero) is 1. The molecule has 2 aromatic rings. The van der Waals surface area contributed by atoms with Crippen molar-refractivity contribution in [2.75, 3.05) is 36.5 Å². The average Bonchev–Trinajstić information content (AvgIpc) is 3.06. The third-order valence-corrected chi connectivity index (χ3v) is 3.73. The summed E-state index contributed by atoms with van der Waals surface area (Å²) < 4.78 is 5.18. The molecule has 0 unspecified atom stereocenters. The number of aliphatic hydroxyl groups is 2. The number of carbonyl (C=O) groups is 2. The van der Waals surface area contributed by atoms with Gasteiger partial charge in [-0.2, -0.15) is 0 Å².